The van der Waals surface area contributed by atoms with Crippen LogP contribution in [0.3, 0.4) is 0 Å². The van der Waals surface area contributed by atoms with Gasteiger partial charge < -0.3 is 10.1 Å². The number of hydrogen-bond acceptors (Lipinski definition) is 7. The second-order valence-electron chi connectivity index (χ2n) is 7.57. The molecule has 2 aromatic rings. The fourth-order valence-corrected chi connectivity index (χ4v) is 4.94. The number of carbonyl (C=O) groups is 3. The van der Waals surface area contributed by atoms with Crippen LogP contribution in [-0.2, 0) is 9.53 Å². The number of hydrogen-bond donors (Lipinski definition) is 1. The summed E-state index contributed by atoms with van der Waals surface area (Å²) in [6.45, 7) is 2.35. The monoisotopic (exact) mass is 473 g/mol. The van der Waals surface area contributed by atoms with E-state index >= 15 is 0 Å². The molecule has 1 N–H and O–H groups in total. The predicted molar refractivity (Wildman–Crippen MR) is 120 cm³/mol. The molecule has 0 spiro atoms. The second-order valence-corrected chi connectivity index (χ2v) is 9.29. The summed E-state index contributed by atoms with van der Waals surface area (Å²) >= 11 is 7.06. The number of hydrazine groups is 1. The maximum atomic E-state index is 12.4. The first-order valence-electron chi connectivity index (χ1n) is 10.2. The Bertz CT molecular complexity index is 1100. The van der Waals surface area contributed by atoms with Gasteiger partial charge in [-0.15, -0.1) is 11.3 Å². The molecule has 1 atom stereocenters. The van der Waals surface area contributed by atoms with Crippen molar-refractivity contribution in [1.29, 1.82) is 0 Å². The average Bonchev–Trinajstić information content (AvgIpc) is 3.51. The van der Waals surface area contributed by atoms with Gasteiger partial charge in [0.2, 0.25) is 5.91 Å². The van der Waals surface area contributed by atoms with Crippen LogP contribution in [0.15, 0.2) is 41.4 Å². The third-order valence-electron chi connectivity index (χ3n) is 5.53. The molecule has 3 aliphatic heterocycles. The summed E-state index contributed by atoms with van der Waals surface area (Å²) in [5, 5.41) is 6.45. The molecular formula is C21H20ClN5O4S. The molecule has 0 unspecified atom stereocenters. The van der Waals surface area contributed by atoms with Crippen molar-refractivity contribution in [1.82, 2.24) is 15.3 Å². The molecule has 0 radical (unpaired) electrons. The summed E-state index contributed by atoms with van der Waals surface area (Å²) in [5.41, 5.74) is 1.59. The minimum atomic E-state index is -0.456. The number of halogens is 1. The van der Waals surface area contributed by atoms with Gasteiger partial charge in [-0.25, -0.2) is 4.79 Å². The van der Waals surface area contributed by atoms with E-state index in [0.717, 1.165) is 11.4 Å². The summed E-state index contributed by atoms with van der Waals surface area (Å²) in [4.78, 5) is 43.2. The van der Waals surface area contributed by atoms with E-state index in [1.807, 2.05) is 29.3 Å². The number of aliphatic imine (C=N–C) groups is 1. The van der Waals surface area contributed by atoms with Crippen molar-refractivity contribution in [2.24, 2.45) is 4.99 Å². The summed E-state index contributed by atoms with van der Waals surface area (Å²) in [7, 11) is 0. The molecule has 9 nitrogen and oxygen atoms in total. The lowest BCUT2D eigenvalue weighted by atomic mass is 10.1. The lowest BCUT2D eigenvalue weighted by molar-refractivity contribution is -0.134. The van der Waals surface area contributed by atoms with Crippen LogP contribution >= 0.6 is 22.9 Å². The van der Waals surface area contributed by atoms with Gasteiger partial charge in [0.25, 0.3) is 5.91 Å². The zero-order valence-corrected chi connectivity index (χ0v) is 18.6. The number of amidine groups is 1. The third-order valence-corrected chi connectivity index (χ3v) is 6.76. The van der Waals surface area contributed by atoms with Gasteiger partial charge in [0, 0.05) is 17.7 Å². The van der Waals surface area contributed by atoms with E-state index < -0.39 is 12.2 Å². The Hall–Kier alpha value is -3.11. The number of thiophene rings is 1. The normalized spacial score (nSPS) is 20.3. The largest absolute Gasteiger partial charge is 0.442 e. The molecule has 11 heteroatoms. The topological polar surface area (TPSA) is 94.5 Å². The Morgan fingerprint density at radius 3 is 2.72 bits per heavy atom. The Kier molecular flexibility index (Phi) is 5.48. The third kappa shape index (κ3) is 3.91. The minimum Gasteiger partial charge on any atom is -0.442 e. The smallest absolute Gasteiger partial charge is 0.414 e. The average molecular weight is 474 g/mol. The molecule has 0 saturated carbocycles. The van der Waals surface area contributed by atoms with Crippen molar-refractivity contribution in [2.45, 2.75) is 12.5 Å². The first kappa shape index (κ1) is 20.8. The fourth-order valence-electron chi connectivity index (χ4n) is 3.98. The number of amides is 3. The van der Waals surface area contributed by atoms with Crippen molar-refractivity contribution in [3.63, 3.8) is 0 Å². The standard InChI is InChI=1S/C21H20ClN5O4S/c22-17-6-5-16(32-17)20(29)24-11-15-12-25(21(30)31-15)14-3-1-13(2-4-14)19-23-8-10-26-18(28)7-9-27(19)26/h1-6,15H,7-12H2,(H,24,29)/t15-/m0/s1. The molecule has 2 fully saturated rings. The molecule has 3 amide bonds. The van der Waals surface area contributed by atoms with Crippen molar-refractivity contribution in [3.8, 4) is 0 Å². The van der Waals surface area contributed by atoms with Gasteiger partial charge >= 0.3 is 6.09 Å². The van der Waals surface area contributed by atoms with Crippen LogP contribution in [0.4, 0.5) is 10.5 Å². The maximum absolute atomic E-state index is 12.4. The summed E-state index contributed by atoms with van der Waals surface area (Å²) in [6.07, 6.45) is -0.412. The maximum Gasteiger partial charge on any atom is 0.414 e. The lowest BCUT2D eigenvalue weighted by Crippen LogP contribution is -2.47. The number of nitrogens with one attached hydrogen (secondary N) is 1. The van der Waals surface area contributed by atoms with Crippen molar-refractivity contribution >= 4 is 52.4 Å². The molecule has 166 valence electrons. The second kappa shape index (κ2) is 8.44. The van der Waals surface area contributed by atoms with Gasteiger partial charge in [0.05, 0.1) is 41.9 Å². The van der Waals surface area contributed by atoms with E-state index in [1.165, 1.54) is 16.2 Å². The minimum absolute atomic E-state index is 0.120. The highest BCUT2D eigenvalue weighted by molar-refractivity contribution is 7.18. The molecule has 1 aromatic carbocycles. The molecule has 0 bridgehead atoms. The number of ether oxygens (including phenoxy) is 1. The number of nitrogens with zero attached hydrogens (tertiary/aromatic N) is 4. The highest BCUT2D eigenvalue weighted by atomic mass is 35.5. The molecule has 32 heavy (non-hydrogen) atoms. The molecule has 5 rings (SSSR count). The summed E-state index contributed by atoms with van der Waals surface area (Å²) in [5.74, 6) is 0.643. The van der Waals surface area contributed by atoms with Gasteiger partial charge in [0.15, 0.2) is 0 Å². The van der Waals surface area contributed by atoms with E-state index in [9.17, 15) is 14.4 Å². The number of anilines is 1. The quantitative estimate of drug-likeness (QED) is 0.719. The van der Waals surface area contributed by atoms with E-state index in [2.05, 4.69) is 10.3 Å². The Morgan fingerprint density at radius 1 is 1.16 bits per heavy atom. The van der Waals surface area contributed by atoms with Crippen LogP contribution in [0.1, 0.15) is 21.7 Å². The Balaban J connectivity index is 1.22. The van der Waals surface area contributed by atoms with Crippen LogP contribution in [0.2, 0.25) is 4.34 Å². The summed E-state index contributed by atoms with van der Waals surface area (Å²) < 4.78 is 5.95. The number of fused-ring (bicyclic) bond motifs is 1. The first-order valence-corrected chi connectivity index (χ1v) is 11.4. The van der Waals surface area contributed by atoms with E-state index in [1.54, 1.807) is 17.1 Å². The molecule has 3 aliphatic rings. The fraction of sp³-hybridized carbons (Fsp3) is 0.333. The van der Waals surface area contributed by atoms with Crippen LogP contribution in [0.5, 0.6) is 0 Å². The predicted octanol–water partition coefficient (Wildman–Crippen LogP) is 2.37. The molecular weight excluding hydrogens is 454 g/mol. The Morgan fingerprint density at radius 2 is 1.97 bits per heavy atom. The number of carbonyl (C=O) groups excluding carboxylic acids is 3. The number of rotatable bonds is 5. The Labute approximate surface area is 193 Å². The zero-order chi connectivity index (χ0) is 22.2. The van der Waals surface area contributed by atoms with Crippen LogP contribution < -0.4 is 10.2 Å². The van der Waals surface area contributed by atoms with Gasteiger partial charge in [0.1, 0.15) is 11.9 Å². The summed E-state index contributed by atoms with van der Waals surface area (Å²) in [6, 6.07) is 10.8. The molecule has 2 saturated heterocycles. The first-order chi connectivity index (χ1) is 15.5. The van der Waals surface area contributed by atoms with Crippen molar-refractivity contribution in [3.05, 3.63) is 51.2 Å². The van der Waals surface area contributed by atoms with Gasteiger partial charge in [-0.2, -0.15) is 0 Å². The molecule has 4 heterocycles. The number of cyclic esters (lactones) is 1. The van der Waals surface area contributed by atoms with Crippen molar-refractivity contribution < 1.29 is 19.1 Å². The lowest BCUT2D eigenvalue weighted by Gasteiger charge is -2.34. The molecule has 1 aromatic heterocycles. The zero-order valence-electron chi connectivity index (χ0n) is 17.0. The van der Waals surface area contributed by atoms with E-state index in [0.29, 0.717) is 47.5 Å². The van der Waals surface area contributed by atoms with Crippen LogP contribution in [-0.4, -0.2) is 72.6 Å². The van der Waals surface area contributed by atoms with E-state index in [-0.39, 0.29) is 18.4 Å². The number of benzene rings is 1. The van der Waals surface area contributed by atoms with Gasteiger partial charge in [-0.1, -0.05) is 11.6 Å². The van der Waals surface area contributed by atoms with Crippen LogP contribution in [0.25, 0.3) is 0 Å². The highest BCUT2D eigenvalue weighted by Gasteiger charge is 2.35. The van der Waals surface area contributed by atoms with E-state index in [4.69, 9.17) is 16.3 Å². The van der Waals surface area contributed by atoms with Crippen molar-refractivity contribution in [2.75, 3.05) is 37.6 Å². The molecule has 0 aliphatic carbocycles. The SMILES string of the molecule is O=C(NC[C@H]1CN(c2ccc(C3=NCCN4C(=O)CCN34)cc2)C(=O)O1)c1ccc(Cl)s1. The van der Waals surface area contributed by atoms with Crippen LogP contribution in [0, 0.1) is 0 Å². The highest BCUT2D eigenvalue weighted by Crippen LogP contribution is 2.25. The van der Waals surface area contributed by atoms with Gasteiger partial charge in [-0.05, 0) is 36.4 Å². The van der Waals surface area contributed by atoms with Gasteiger partial charge in [-0.3, -0.25) is 29.5 Å².